The Balaban J connectivity index is 1.78. The summed E-state index contributed by atoms with van der Waals surface area (Å²) >= 11 is 1.45. The Kier molecular flexibility index (Phi) is 7.03. The van der Waals surface area contributed by atoms with Crippen LogP contribution >= 0.6 is 11.8 Å². The van der Waals surface area contributed by atoms with Crippen LogP contribution in [0.1, 0.15) is 21.5 Å². The van der Waals surface area contributed by atoms with Gasteiger partial charge < -0.3 is 14.6 Å². The molecule has 25 heavy (non-hydrogen) atoms. The predicted molar refractivity (Wildman–Crippen MR) is 95.7 cm³/mol. The number of benzene rings is 2. The summed E-state index contributed by atoms with van der Waals surface area (Å²) in [5.74, 6) is 0.168. The normalized spacial score (nSPS) is 10.6. The van der Waals surface area contributed by atoms with Crippen molar-refractivity contribution in [2.75, 3.05) is 12.9 Å². The smallest absolute Gasteiger partial charge is 0.250 e. The van der Waals surface area contributed by atoms with Crippen LogP contribution < -0.4 is 15.3 Å². The van der Waals surface area contributed by atoms with Crippen LogP contribution in [-0.4, -0.2) is 31.0 Å². The Morgan fingerprint density at radius 2 is 1.92 bits per heavy atom. The van der Waals surface area contributed by atoms with E-state index < -0.39 is 5.97 Å². The summed E-state index contributed by atoms with van der Waals surface area (Å²) in [6, 6.07) is 13.9. The molecule has 0 unspecified atom stereocenters. The van der Waals surface area contributed by atoms with Gasteiger partial charge in [0, 0.05) is 16.9 Å². The molecule has 130 valence electrons. The van der Waals surface area contributed by atoms with Gasteiger partial charge >= 0.3 is 0 Å². The molecule has 0 aliphatic carbocycles. The molecule has 0 bridgehead atoms. The van der Waals surface area contributed by atoms with Crippen LogP contribution in [0.15, 0.2) is 53.6 Å². The second-order valence-corrected chi connectivity index (χ2v) is 5.99. The van der Waals surface area contributed by atoms with Crippen LogP contribution in [0.5, 0.6) is 5.75 Å². The predicted octanol–water partition coefficient (Wildman–Crippen LogP) is 1.44. The number of carboxylic acid groups (broad SMARTS) is 1. The molecule has 0 saturated carbocycles. The number of amides is 1. The zero-order chi connectivity index (χ0) is 18.1. The van der Waals surface area contributed by atoms with E-state index in [0.717, 1.165) is 11.3 Å². The second kappa shape index (κ2) is 9.48. The summed E-state index contributed by atoms with van der Waals surface area (Å²) in [7, 11) is 1.61. The van der Waals surface area contributed by atoms with Crippen molar-refractivity contribution in [3.05, 3.63) is 65.2 Å². The maximum absolute atomic E-state index is 11.7. The third kappa shape index (κ3) is 5.96. The highest BCUT2D eigenvalue weighted by Gasteiger charge is 2.02. The number of aromatic carboxylic acids is 1. The average molecular weight is 357 g/mol. The van der Waals surface area contributed by atoms with E-state index in [4.69, 9.17) is 4.74 Å². The summed E-state index contributed by atoms with van der Waals surface area (Å²) in [4.78, 5) is 22.7. The summed E-state index contributed by atoms with van der Waals surface area (Å²) in [6.07, 6.45) is 1.29. The van der Waals surface area contributed by atoms with Gasteiger partial charge in [-0.25, -0.2) is 5.43 Å². The molecule has 2 rings (SSSR count). The Hall–Kier alpha value is -2.80. The van der Waals surface area contributed by atoms with E-state index in [0.29, 0.717) is 11.3 Å². The van der Waals surface area contributed by atoms with Gasteiger partial charge in [0.15, 0.2) is 0 Å². The van der Waals surface area contributed by atoms with Gasteiger partial charge in [0.1, 0.15) is 5.75 Å². The molecule has 2 aromatic rings. The van der Waals surface area contributed by atoms with E-state index >= 15 is 0 Å². The molecule has 0 spiro atoms. The number of hydrogen-bond acceptors (Lipinski definition) is 6. The molecule has 1 N–H and O–H groups in total. The van der Waals surface area contributed by atoms with Crippen molar-refractivity contribution in [1.29, 1.82) is 0 Å². The minimum atomic E-state index is -1.29. The monoisotopic (exact) mass is 357 g/mol. The SMILES string of the molecule is COc1ccc(CSCC(=O)N/N=C\c2ccccc2C(=O)[O-])cc1. The van der Waals surface area contributed by atoms with E-state index in [2.05, 4.69) is 10.5 Å². The maximum Gasteiger partial charge on any atom is 0.250 e. The number of hydrogen-bond donors (Lipinski definition) is 1. The minimum Gasteiger partial charge on any atom is -0.545 e. The van der Waals surface area contributed by atoms with Gasteiger partial charge in [-0.2, -0.15) is 5.10 Å². The Labute approximate surface area is 149 Å². The third-order valence-corrected chi connectivity index (χ3v) is 4.24. The number of carbonyl (C=O) groups is 2. The molecule has 0 saturated heterocycles. The summed E-state index contributed by atoms with van der Waals surface area (Å²) in [5, 5.41) is 14.8. The molecular weight excluding hydrogens is 340 g/mol. The summed E-state index contributed by atoms with van der Waals surface area (Å²) in [6.45, 7) is 0. The zero-order valence-corrected chi connectivity index (χ0v) is 14.4. The van der Waals surface area contributed by atoms with E-state index in [1.165, 1.54) is 24.0 Å². The molecule has 7 heteroatoms. The third-order valence-electron chi connectivity index (χ3n) is 3.23. The lowest BCUT2D eigenvalue weighted by molar-refractivity contribution is -0.255. The molecule has 0 heterocycles. The number of hydrazone groups is 1. The van der Waals surface area contributed by atoms with Crippen LogP contribution in [-0.2, 0) is 10.5 Å². The molecule has 6 nitrogen and oxygen atoms in total. The Morgan fingerprint density at radius 3 is 2.60 bits per heavy atom. The first kappa shape index (κ1) is 18.5. The molecule has 0 aliphatic heterocycles. The maximum atomic E-state index is 11.7. The van der Waals surface area contributed by atoms with Crippen LogP contribution in [0.25, 0.3) is 0 Å². The first-order chi connectivity index (χ1) is 12.1. The molecule has 0 aromatic heterocycles. The van der Waals surface area contributed by atoms with Gasteiger partial charge in [-0.1, -0.05) is 36.4 Å². The second-order valence-electron chi connectivity index (χ2n) is 5.01. The fourth-order valence-electron chi connectivity index (χ4n) is 1.98. The first-order valence-electron chi connectivity index (χ1n) is 7.43. The lowest BCUT2D eigenvalue weighted by atomic mass is 10.1. The number of nitrogens with zero attached hydrogens (tertiary/aromatic N) is 1. The fraction of sp³-hybridized carbons (Fsp3) is 0.167. The van der Waals surface area contributed by atoms with Crippen molar-refractivity contribution in [3.63, 3.8) is 0 Å². The number of methoxy groups -OCH3 is 1. The molecule has 0 fully saturated rings. The highest BCUT2D eigenvalue weighted by Crippen LogP contribution is 2.16. The quantitative estimate of drug-likeness (QED) is 0.570. The molecule has 2 aromatic carbocycles. The molecule has 0 atom stereocenters. The van der Waals surface area contributed by atoms with Crippen molar-refractivity contribution < 1.29 is 19.4 Å². The molecular formula is C18H17N2O4S-. The highest BCUT2D eigenvalue weighted by atomic mass is 32.2. The Bertz CT molecular complexity index is 760. The van der Waals surface area contributed by atoms with Crippen LogP contribution in [0, 0.1) is 0 Å². The van der Waals surface area contributed by atoms with Gasteiger partial charge in [-0.15, -0.1) is 11.8 Å². The fourth-order valence-corrected chi connectivity index (χ4v) is 2.77. The van der Waals surface area contributed by atoms with Crippen molar-refractivity contribution >= 4 is 29.9 Å². The van der Waals surface area contributed by atoms with Crippen LogP contribution in [0.4, 0.5) is 0 Å². The number of carboxylic acids is 1. The van der Waals surface area contributed by atoms with Gasteiger partial charge in [0.05, 0.1) is 25.0 Å². The van der Waals surface area contributed by atoms with E-state index in [1.54, 1.807) is 25.3 Å². The largest absolute Gasteiger partial charge is 0.545 e. The summed E-state index contributed by atoms with van der Waals surface area (Å²) in [5.41, 5.74) is 3.86. The van der Waals surface area contributed by atoms with Gasteiger partial charge in [0.2, 0.25) is 5.91 Å². The van der Waals surface area contributed by atoms with Crippen LogP contribution in [0.3, 0.4) is 0 Å². The van der Waals surface area contributed by atoms with Crippen molar-refractivity contribution in [2.24, 2.45) is 5.10 Å². The molecule has 0 aliphatic rings. The highest BCUT2D eigenvalue weighted by molar-refractivity contribution is 7.99. The molecule has 1 amide bonds. The van der Waals surface area contributed by atoms with Crippen LogP contribution in [0.2, 0.25) is 0 Å². The van der Waals surface area contributed by atoms with Gasteiger partial charge in [-0.05, 0) is 17.7 Å². The first-order valence-corrected chi connectivity index (χ1v) is 8.58. The lowest BCUT2D eigenvalue weighted by Crippen LogP contribution is -2.24. The lowest BCUT2D eigenvalue weighted by Gasteiger charge is -2.06. The topological polar surface area (TPSA) is 90.8 Å². The minimum absolute atomic E-state index is 0.0226. The number of ether oxygens (including phenoxy) is 1. The number of nitrogens with one attached hydrogen (secondary N) is 1. The average Bonchev–Trinajstić information content (AvgIpc) is 2.62. The van der Waals surface area contributed by atoms with Gasteiger partial charge in [-0.3, -0.25) is 4.79 Å². The standard InChI is InChI=1S/C18H18N2O4S/c1-24-15-8-6-13(7-9-15)11-25-12-17(21)20-19-10-14-4-2-3-5-16(14)18(22)23/h2-10H,11-12H2,1H3,(H,20,21)(H,22,23)/p-1/b19-10-. The number of rotatable bonds is 8. The zero-order valence-electron chi connectivity index (χ0n) is 13.6. The van der Waals surface area contributed by atoms with Crippen molar-refractivity contribution in [1.82, 2.24) is 5.43 Å². The van der Waals surface area contributed by atoms with Crippen molar-refractivity contribution in [2.45, 2.75) is 5.75 Å². The van der Waals surface area contributed by atoms with Gasteiger partial charge in [0.25, 0.3) is 0 Å². The van der Waals surface area contributed by atoms with E-state index in [-0.39, 0.29) is 17.2 Å². The van der Waals surface area contributed by atoms with E-state index in [1.807, 2.05) is 24.3 Å². The number of thioether (sulfide) groups is 1. The van der Waals surface area contributed by atoms with Crippen molar-refractivity contribution in [3.8, 4) is 5.75 Å². The Morgan fingerprint density at radius 1 is 1.20 bits per heavy atom. The van der Waals surface area contributed by atoms with E-state index in [9.17, 15) is 14.7 Å². The molecule has 0 radical (unpaired) electrons. The number of carbonyl (C=O) groups excluding carboxylic acids is 2. The summed E-state index contributed by atoms with van der Waals surface area (Å²) < 4.78 is 5.09.